The van der Waals surface area contributed by atoms with Crippen LogP contribution in [0.2, 0.25) is 5.02 Å². The second kappa shape index (κ2) is 4.39. The first-order valence-electron chi connectivity index (χ1n) is 5.07. The first-order chi connectivity index (χ1) is 7.54. The van der Waals surface area contributed by atoms with Gasteiger partial charge in [-0.3, -0.25) is 4.79 Å². The fourth-order valence-corrected chi connectivity index (χ4v) is 1.96. The van der Waals surface area contributed by atoms with Gasteiger partial charge in [0.15, 0.2) is 0 Å². The molecule has 0 radical (unpaired) electrons. The Balaban J connectivity index is 2.03. The van der Waals surface area contributed by atoms with Crippen molar-refractivity contribution >= 4 is 17.5 Å². The molecule has 0 aromatic heterocycles. The van der Waals surface area contributed by atoms with Crippen LogP contribution in [-0.4, -0.2) is 18.0 Å². The highest BCUT2D eigenvalue weighted by Gasteiger charge is 2.27. The summed E-state index contributed by atoms with van der Waals surface area (Å²) in [5, 5.41) is 2.99. The number of nitrogens with one attached hydrogen (secondary N) is 1. The lowest BCUT2D eigenvalue weighted by molar-refractivity contribution is 0.0910. The Labute approximate surface area is 97.8 Å². The van der Waals surface area contributed by atoms with Crippen molar-refractivity contribution in [2.24, 2.45) is 5.73 Å². The summed E-state index contributed by atoms with van der Waals surface area (Å²) in [5.41, 5.74) is 5.84. The molecule has 1 amide bonds. The number of benzene rings is 1. The summed E-state index contributed by atoms with van der Waals surface area (Å²) in [5.74, 6) is -0.818. The van der Waals surface area contributed by atoms with E-state index in [1.165, 1.54) is 12.1 Å². The molecule has 0 unspecified atom stereocenters. The quantitative estimate of drug-likeness (QED) is 0.829. The maximum atomic E-state index is 13.0. The largest absolute Gasteiger partial charge is 0.349 e. The average molecular weight is 243 g/mol. The van der Waals surface area contributed by atoms with Crippen LogP contribution in [0.4, 0.5) is 4.39 Å². The molecule has 86 valence electrons. The van der Waals surface area contributed by atoms with Gasteiger partial charge in [0.05, 0.1) is 0 Å². The number of rotatable bonds is 2. The van der Waals surface area contributed by atoms with Crippen molar-refractivity contribution in [1.29, 1.82) is 0 Å². The Hall–Kier alpha value is -1.13. The molecule has 0 saturated heterocycles. The third-order valence-corrected chi connectivity index (χ3v) is 2.85. The van der Waals surface area contributed by atoms with Crippen molar-refractivity contribution in [2.45, 2.75) is 24.9 Å². The summed E-state index contributed by atoms with van der Waals surface area (Å²) in [6.45, 7) is 0. The third kappa shape index (κ3) is 2.51. The molecule has 3 N–H and O–H groups in total. The molecule has 1 fully saturated rings. The topological polar surface area (TPSA) is 55.1 Å². The average Bonchev–Trinajstić information content (AvgIpc) is 2.13. The lowest BCUT2D eigenvalue weighted by Gasteiger charge is -2.32. The summed E-state index contributed by atoms with van der Waals surface area (Å²) < 4.78 is 13.0. The van der Waals surface area contributed by atoms with Gasteiger partial charge in [-0.05, 0) is 31.0 Å². The van der Waals surface area contributed by atoms with Crippen molar-refractivity contribution in [3.63, 3.8) is 0 Å². The predicted molar refractivity (Wildman–Crippen MR) is 59.9 cm³/mol. The molecule has 2 rings (SSSR count). The van der Waals surface area contributed by atoms with E-state index in [1.807, 2.05) is 0 Å². The van der Waals surface area contributed by atoms with E-state index < -0.39 is 5.82 Å². The maximum absolute atomic E-state index is 13.0. The molecular weight excluding hydrogens is 231 g/mol. The van der Waals surface area contributed by atoms with Crippen LogP contribution in [0.1, 0.15) is 23.2 Å². The maximum Gasteiger partial charge on any atom is 0.251 e. The van der Waals surface area contributed by atoms with E-state index in [4.69, 9.17) is 17.3 Å². The molecular formula is C11H12ClFN2O. The fourth-order valence-electron chi connectivity index (χ4n) is 1.73. The van der Waals surface area contributed by atoms with Crippen LogP contribution in [0.5, 0.6) is 0 Å². The van der Waals surface area contributed by atoms with E-state index in [0.717, 1.165) is 18.9 Å². The van der Waals surface area contributed by atoms with Crippen LogP contribution in [0, 0.1) is 5.82 Å². The van der Waals surface area contributed by atoms with E-state index in [9.17, 15) is 9.18 Å². The molecule has 1 aromatic rings. The molecule has 1 aliphatic carbocycles. The Bertz CT molecular complexity index is 398. The van der Waals surface area contributed by atoms with Gasteiger partial charge in [-0.1, -0.05) is 11.6 Å². The molecule has 1 aliphatic rings. The van der Waals surface area contributed by atoms with Crippen LogP contribution in [-0.2, 0) is 0 Å². The minimum Gasteiger partial charge on any atom is -0.349 e. The Morgan fingerprint density at radius 1 is 1.44 bits per heavy atom. The SMILES string of the molecule is NC1CC(NC(=O)c2cc(F)cc(Cl)c2)C1. The zero-order chi connectivity index (χ0) is 11.7. The number of amides is 1. The Kier molecular flexibility index (Phi) is 3.12. The van der Waals surface area contributed by atoms with Crippen LogP contribution >= 0.6 is 11.6 Å². The van der Waals surface area contributed by atoms with Crippen molar-refractivity contribution in [3.8, 4) is 0 Å². The zero-order valence-electron chi connectivity index (χ0n) is 8.54. The highest BCUT2D eigenvalue weighted by atomic mass is 35.5. The fraction of sp³-hybridized carbons (Fsp3) is 0.364. The van der Waals surface area contributed by atoms with Gasteiger partial charge >= 0.3 is 0 Å². The molecule has 0 bridgehead atoms. The van der Waals surface area contributed by atoms with Gasteiger partial charge in [-0.15, -0.1) is 0 Å². The lowest BCUT2D eigenvalue weighted by Crippen LogP contribution is -2.50. The summed E-state index contributed by atoms with van der Waals surface area (Å²) in [4.78, 5) is 11.7. The zero-order valence-corrected chi connectivity index (χ0v) is 9.30. The number of hydrogen-bond donors (Lipinski definition) is 2. The van der Waals surface area contributed by atoms with E-state index in [0.29, 0.717) is 0 Å². The van der Waals surface area contributed by atoms with Gasteiger partial charge in [0.2, 0.25) is 0 Å². The summed E-state index contributed by atoms with van der Waals surface area (Å²) >= 11 is 5.66. The molecule has 5 heteroatoms. The molecule has 3 nitrogen and oxygen atoms in total. The van der Waals surface area contributed by atoms with Gasteiger partial charge < -0.3 is 11.1 Å². The second-order valence-corrected chi connectivity index (χ2v) is 4.50. The molecule has 1 saturated carbocycles. The Morgan fingerprint density at radius 3 is 2.69 bits per heavy atom. The third-order valence-electron chi connectivity index (χ3n) is 2.63. The smallest absolute Gasteiger partial charge is 0.251 e. The van der Waals surface area contributed by atoms with E-state index in [2.05, 4.69) is 5.32 Å². The number of carbonyl (C=O) groups excluding carboxylic acids is 1. The molecule has 1 aromatic carbocycles. The van der Waals surface area contributed by atoms with Gasteiger partial charge in [0.25, 0.3) is 5.91 Å². The number of nitrogens with two attached hydrogens (primary N) is 1. The van der Waals surface area contributed by atoms with Gasteiger partial charge in [0.1, 0.15) is 5.82 Å². The monoisotopic (exact) mass is 242 g/mol. The van der Waals surface area contributed by atoms with E-state index in [1.54, 1.807) is 0 Å². The summed E-state index contributed by atoms with van der Waals surface area (Å²) in [6, 6.07) is 4.04. The molecule has 16 heavy (non-hydrogen) atoms. The normalized spacial score (nSPS) is 23.7. The highest BCUT2D eigenvalue weighted by Crippen LogP contribution is 2.19. The Morgan fingerprint density at radius 2 is 2.12 bits per heavy atom. The van der Waals surface area contributed by atoms with Crippen molar-refractivity contribution in [1.82, 2.24) is 5.32 Å². The van der Waals surface area contributed by atoms with Crippen LogP contribution in [0.3, 0.4) is 0 Å². The molecule has 0 aliphatic heterocycles. The van der Waals surface area contributed by atoms with E-state index in [-0.39, 0.29) is 28.6 Å². The first-order valence-corrected chi connectivity index (χ1v) is 5.45. The first kappa shape index (κ1) is 11.4. The highest BCUT2D eigenvalue weighted by molar-refractivity contribution is 6.31. The van der Waals surface area contributed by atoms with Gasteiger partial charge in [-0.25, -0.2) is 4.39 Å². The molecule has 0 spiro atoms. The van der Waals surface area contributed by atoms with Gasteiger partial charge in [0, 0.05) is 22.7 Å². The van der Waals surface area contributed by atoms with Crippen LogP contribution < -0.4 is 11.1 Å². The second-order valence-electron chi connectivity index (χ2n) is 4.06. The number of hydrogen-bond acceptors (Lipinski definition) is 2. The minimum absolute atomic E-state index is 0.101. The standard InChI is InChI=1S/C11H12ClFN2O/c12-7-1-6(2-8(13)3-7)11(16)15-10-4-9(14)5-10/h1-3,9-10H,4-5,14H2,(H,15,16). The molecule has 0 heterocycles. The number of carbonyl (C=O) groups is 1. The lowest BCUT2D eigenvalue weighted by atomic mass is 9.87. The molecule has 0 atom stereocenters. The van der Waals surface area contributed by atoms with E-state index >= 15 is 0 Å². The van der Waals surface area contributed by atoms with Crippen molar-refractivity contribution in [3.05, 3.63) is 34.6 Å². The summed E-state index contributed by atoms with van der Waals surface area (Å²) in [6.07, 6.45) is 1.55. The summed E-state index contributed by atoms with van der Waals surface area (Å²) in [7, 11) is 0. The van der Waals surface area contributed by atoms with Crippen molar-refractivity contribution < 1.29 is 9.18 Å². The minimum atomic E-state index is -0.511. The van der Waals surface area contributed by atoms with Crippen molar-refractivity contribution in [2.75, 3.05) is 0 Å². The van der Waals surface area contributed by atoms with Crippen LogP contribution in [0.15, 0.2) is 18.2 Å². The number of halogens is 2. The van der Waals surface area contributed by atoms with Gasteiger partial charge in [-0.2, -0.15) is 0 Å². The predicted octanol–water partition coefficient (Wildman–Crippen LogP) is 1.70. The van der Waals surface area contributed by atoms with Crippen LogP contribution in [0.25, 0.3) is 0 Å².